The normalized spacial score (nSPS) is 16.8. The summed E-state index contributed by atoms with van der Waals surface area (Å²) in [4.78, 5) is 28.2. The number of allylic oxidation sites excluding steroid dienone is 1. The Labute approximate surface area is 250 Å². The number of anilines is 2. The summed E-state index contributed by atoms with van der Waals surface area (Å²) < 4.78 is 7.13. The summed E-state index contributed by atoms with van der Waals surface area (Å²) in [5, 5.41) is 32.1. The molecule has 0 fully saturated rings. The molecule has 10 nitrogen and oxygen atoms in total. The zero-order valence-corrected chi connectivity index (χ0v) is 24.2. The molecule has 5 rings (SSSR count). The maximum absolute atomic E-state index is 14.0. The topological polar surface area (TPSA) is 130 Å². The molecule has 3 N–H and O–H groups in total. The molecule has 0 saturated heterocycles. The molecule has 2 atom stereocenters. The van der Waals surface area contributed by atoms with Crippen LogP contribution in [-0.4, -0.2) is 50.7 Å². The summed E-state index contributed by atoms with van der Waals surface area (Å²) in [6.07, 6.45) is 6.63. The van der Waals surface area contributed by atoms with Gasteiger partial charge in [-0.25, -0.2) is 0 Å². The molecular weight excluding hydrogens is 546 g/mol. The Bertz CT molecular complexity index is 1620. The Hall–Kier alpha value is -4.80. The number of aryl methyl sites for hydroxylation is 1. The summed E-state index contributed by atoms with van der Waals surface area (Å²) in [5.41, 5.74) is 1.95. The van der Waals surface area contributed by atoms with Crippen LogP contribution in [0.2, 0.25) is 0 Å². The number of aromatic nitrogens is 3. The number of rotatable bonds is 12. The second-order valence-electron chi connectivity index (χ2n) is 10.5. The average molecular weight is 582 g/mol. The minimum absolute atomic E-state index is 0.0161. The van der Waals surface area contributed by atoms with Crippen molar-refractivity contribution in [1.82, 2.24) is 15.0 Å². The molecule has 43 heavy (non-hydrogen) atoms. The van der Waals surface area contributed by atoms with Crippen molar-refractivity contribution in [2.75, 3.05) is 23.9 Å². The number of amides is 2. The van der Waals surface area contributed by atoms with Crippen molar-refractivity contribution in [3.05, 3.63) is 114 Å². The number of nitrogens with zero attached hydrogens (tertiary/aromatic N) is 4. The number of nitrogens with one attached hydrogen (secondary N) is 1. The minimum Gasteiger partial charge on any atom is -0.497 e. The van der Waals surface area contributed by atoms with Crippen molar-refractivity contribution in [1.29, 1.82) is 0 Å². The smallest absolute Gasteiger partial charge is 0.264 e. The number of hydrogen-bond acceptors (Lipinski definition) is 7. The molecule has 0 bridgehead atoms. The van der Waals surface area contributed by atoms with Gasteiger partial charge < -0.3 is 25.2 Å². The quantitative estimate of drug-likeness (QED) is 0.215. The molecule has 0 saturated carbocycles. The van der Waals surface area contributed by atoms with Gasteiger partial charge in [0.15, 0.2) is 5.60 Å². The van der Waals surface area contributed by atoms with Crippen molar-refractivity contribution in [2.24, 2.45) is 5.92 Å². The molecule has 4 aromatic rings. The van der Waals surface area contributed by atoms with Crippen LogP contribution in [-0.2, 0) is 29.9 Å². The first-order chi connectivity index (χ1) is 20.8. The van der Waals surface area contributed by atoms with Gasteiger partial charge in [-0.05, 0) is 54.4 Å². The van der Waals surface area contributed by atoms with Crippen molar-refractivity contribution in [3.8, 4) is 5.75 Å². The van der Waals surface area contributed by atoms with E-state index in [-0.39, 0.29) is 19.1 Å². The van der Waals surface area contributed by atoms with Crippen LogP contribution in [0.4, 0.5) is 11.4 Å². The highest BCUT2D eigenvalue weighted by Gasteiger charge is 2.52. The van der Waals surface area contributed by atoms with Gasteiger partial charge in [0.1, 0.15) is 5.75 Å². The average Bonchev–Trinajstić information content (AvgIpc) is 3.56. The van der Waals surface area contributed by atoms with Gasteiger partial charge in [-0.2, -0.15) is 0 Å². The largest absolute Gasteiger partial charge is 0.497 e. The minimum atomic E-state index is -1.80. The molecule has 3 aromatic carbocycles. The maximum Gasteiger partial charge on any atom is 0.264 e. The van der Waals surface area contributed by atoms with Gasteiger partial charge in [0, 0.05) is 48.5 Å². The van der Waals surface area contributed by atoms with E-state index in [0.717, 1.165) is 11.3 Å². The lowest BCUT2D eigenvalue weighted by Gasteiger charge is -2.28. The van der Waals surface area contributed by atoms with Crippen molar-refractivity contribution in [2.45, 2.75) is 38.5 Å². The van der Waals surface area contributed by atoms with E-state index in [9.17, 15) is 14.7 Å². The molecule has 2 heterocycles. The van der Waals surface area contributed by atoms with Gasteiger partial charge in [-0.15, -0.1) is 5.10 Å². The van der Waals surface area contributed by atoms with E-state index in [1.54, 1.807) is 71.4 Å². The molecule has 0 aliphatic carbocycles. The zero-order valence-electron chi connectivity index (χ0n) is 24.2. The third kappa shape index (κ3) is 6.35. The fourth-order valence-electron chi connectivity index (χ4n) is 5.26. The molecule has 0 unspecified atom stereocenters. The molecule has 1 aliphatic rings. The van der Waals surface area contributed by atoms with Gasteiger partial charge in [0.2, 0.25) is 0 Å². The van der Waals surface area contributed by atoms with Crippen molar-refractivity contribution in [3.63, 3.8) is 0 Å². The predicted molar refractivity (Wildman–Crippen MR) is 163 cm³/mol. The third-order valence-electron chi connectivity index (χ3n) is 7.60. The molecule has 2 amide bonds. The highest BCUT2D eigenvalue weighted by Crippen LogP contribution is 2.47. The summed E-state index contributed by atoms with van der Waals surface area (Å²) in [5.74, 6) is -0.667. The van der Waals surface area contributed by atoms with Crippen molar-refractivity contribution < 1.29 is 24.5 Å². The summed E-state index contributed by atoms with van der Waals surface area (Å²) in [6.45, 7) is 2.61. The second-order valence-corrected chi connectivity index (χ2v) is 10.5. The Morgan fingerprint density at radius 1 is 1.12 bits per heavy atom. The van der Waals surface area contributed by atoms with Crippen molar-refractivity contribution >= 4 is 23.2 Å². The van der Waals surface area contributed by atoms with Gasteiger partial charge in [0.25, 0.3) is 11.8 Å². The third-order valence-corrected chi connectivity index (χ3v) is 7.60. The van der Waals surface area contributed by atoms with E-state index in [1.807, 2.05) is 43.3 Å². The number of benzene rings is 3. The van der Waals surface area contributed by atoms with E-state index in [4.69, 9.17) is 9.84 Å². The first kappa shape index (κ1) is 29.7. The van der Waals surface area contributed by atoms with Gasteiger partial charge in [-0.3, -0.25) is 14.3 Å². The highest BCUT2D eigenvalue weighted by molar-refractivity contribution is 6.07. The molecule has 0 radical (unpaired) electrons. The van der Waals surface area contributed by atoms with Gasteiger partial charge in [-0.1, -0.05) is 54.6 Å². The Balaban J connectivity index is 1.34. The molecular formula is C33H35N5O5. The van der Waals surface area contributed by atoms with Crippen LogP contribution in [0.1, 0.15) is 40.5 Å². The Morgan fingerprint density at radius 3 is 2.70 bits per heavy atom. The second kappa shape index (κ2) is 13.0. The van der Waals surface area contributed by atoms with E-state index >= 15 is 0 Å². The number of hydrogen-bond donors (Lipinski definition) is 3. The number of fused-ring (bicyclic) bond motifs is 1. The molecule has 0 spiro atoms. The molecule has 222 valence electrons. The Kier molecular flexibility index (Phi) is 8.98. The lowest BCUT2D eigenvalue weighted by atomic mass is 9.83. The van der Waals surface area contributed by atoms with Crippen LogP contribution in [0.15, 0.2) is 91.1 Å². The van der Waals surface area contributed by atoms with Crippen LogP contribution >= 0.6 is 0 Å². The number of carbonyl (C=O) groups is 2. The molecule has 1 aliphatic heterocycles. The van der Waals surface area contributed by atoms with Crippen LogP contribution in [0.5, 0.6) is 5.75 Å². The number of aliphatic hydroxyl groups excluding tert-OH is 1. The fraction of sp³-hybridized carbons (Fsp3) is 0.273. The van der Waals surface area contributed by atoms with Crippen LogP contribution in [0, 0.1) is 5.92 Å². The van der Waals surface area contributed by atoms with Gasteiger partial charge >= 0.3 is 0 Å². The van der Waals surface area contributed by atoms with E-state index in [0.29, 0.717) is 47.6 Å². The zero-order chi connectivity index (χ0) is 30.4. The Morgan fingerprint density at radius 2 is 1.93 bits per heavy atom. The SMILES string of the molecule is COc1ccc2c(c1)[C@](O)([C@@H](C)/C=C/CCn1cc(CCO)nn1)C(=O)N2Cc1cccc(NC(=O)c2ccccc2)c1. The number of methoxy groups -OCH3 is 1. The predicted octanol–water partition coefficient (Wildman–Crippen LogP) is 4.09. The number of carbonyl (C=O) groups excluding carboxylic acids is 2. The summed E-state index contributed by atoms with van der Waals surface area (Å²) in [6, 6.07) is 21.6. The monoisotopic (exact) mass is 581 g/mol. The van der Waals surface area contributed by atoms with Crippen LogP contribution in [0.25, 0.3) is 0 Å². The molecule has 1 aromatic heterocycles. The highest BCUT2D eigenvalue weighted by atomic mass is 16.5. The van der Waals surface area contributed by atoms with E-state index < -0.39 is 17.4 Å². The van der Waals surface area contributed by atoms with Crippen LogP contribution < -0.4 is 15.0 Å². The summed E-state index contributed by atoms with van der Waals surface area (Å²) in [7, 11) is 1.55. The maximum atomic E-state index is 14.0. The lowest BCUT2D eigenvalue weighted by Crippen LogP contribution is -2.44. The summed E-state index contributed by atoms with van der Waals surface area (Å²) >= 11 is 0. The van der Waals surface area contributed by atoms with Crippen LogP contribution in [0.3, 0.4) is 0 Å². The van der Waals surface area contributed by atoms with E-state index in [1.165, 1.54) is 0 Å². The molecule has 10 heteroatoms. The van der Waals surface area contributed by atoms with Gasteiger partial charge in [0.05, 0.1) is 25.0 Å². The lowest BCUT2D eigenvalue weighted by molar-refractivity contribution is -0.139. The number of ether oxygens (including phenoxy) is 1. The number of aliphatic hydroxyl groups is 2. The fourth-order valence-corrected chi connectivity index (χ4v) is 5.26. The van der Waals surface area contributed by atoms with E-state index in [2.05, 4.69) is 15.6 Å². The first-order valence-corrected chi connectivity index (χ1v) is 14.2. The standard InChI is InChI=1S/C33H35N5O5/c1-23(9-6-7-17-37-22-27(16-18-39)35-36-37)33(42)29-20-28(43-2)14-15-30(29)38(32(33)41)21-24-10-8-13-26(19-24)34-31(40)25-11-4-3-5-12-25/h3-6,8-15,19-20,22-23,39,42H,7,16-18,21H2,1-2H3,(H,34,40)/b9-6+/t23-,33+/m0/s1. The first-order valence-electron chi connectivity index (χ1n) is 14.2.